The topological polar surface area (TPSA) is 55.8 Å². The van der Waals surface area contributed by atoms with E-state index < -0.39 is 15.8 Å². The van der Waals surface area contributed by atoms with E-state index in [1.54, 1.807) is 24.3 Å². The zero-order chi connectivity index (χ0) is 18.7. The molecule has 1 aliphatic carbocycles. The fourth-order valence-electron chi connectivity index (χ4n) is 3.04. The maximum atomic E-state index is 13.9. The molecule has 26 heavy (non-hydrogen) atoms. The van der Waals surface area contributed by atoms with E-state index in [-0.39, 0.29) is 16.7 Å². The van der Waals surface area contributed by atoms with Gasteiger partial charge in [-0.3, -0.25) is 4.31 Å². The van der Waals surface area contributed by atoms with Crippen LogP contribution in [0.4, 0.5) is 10.1 Å². The molecule has 0 aromatic heterocycles. The molecule has 0 N–H and O–H groups in total. The summed E-state index contributed by atoms with van der Waals surface area (Å²) in [5.74, 6) is 0.00393. The third-order valence-corrected chi connectivity index (χ3v) is 6.37. The first-order valence-corrected chi connectivity index (χ1v) is 9.95. The lowest BCUT2D eigenvalue weighted by atomic mass is 10.3. The van der Waals surface area contributed by atoms with Crippen LogP contribution >= 0.6 is 0 Å². The van der Waals surface area contributed by atoms with Crippen LogP contribution in [0.1, 0.15) is 25.7 Å². The molecule has 1 saturated carbocycles. The maximum Gasteiger partial charge on any atom is 0.264 e. The van der Waals surface area contributed by atoms with Crippen molar-refractivity contribution in [3.63, 3.8) is 0 Å². The quantitative estimate of drug-likeness (QED) is 0.762. The van der Waals surface area contributed by atoms with Crippen molar-refractivity contribution in [1.82, 2.24) is 0 Å². The molecule has 0 aliphatic heterocycles. The normalized spacial score (nSPS) is 15.0. The van der Waals surface area contributed by atoms with Crippen molar-refractivity contribution in [2.24, 2.45) is 0 Å². The molecule has 140 valence electrons. The monoisotopic (exact) mass is 379 g/mol. The van der Waals surface area contributed by atoms with Gasteiger partial charge in [-0.1, -0.05) is 0 Å². The van der Waals surface area contributed by atoms with E-state index in [0.29, 0.717) is 5.69 Å². The lowest BCUT2D eigenvalue weighted by molar-refractivity contribution is 0.210. The summed E-state index contributed by atoms with van der Waals surface area (Å²) >= 11 is 0. The average molecular weight is 379 g/mol. The van der Waals surface area contributed by atoms with E-state index in [1.807, 2.05) is 0 Å². The highest BCUT2D eigenvalue weighted by atomic mass is 32.2. The summed E-state index contributed by atoms with van der Waals surface area (Å²) in [7, 11) is -1.12. The molecule has 0 heterocycles. The maximum absolute atomic E-state index is 13.9. The molecule has 2 aromatic rings. The van der Waals surface area contributed by atoms with Crippen LogP contribution < -0.4 is 13.8 Å². The van der Waals surface area contributed by atoms with Crippen LogP contribution in [0.15, 0.2) is 47.4 Å². The van der Waals surface area contributed by atoms with Gasteiger partial charge in [0.2, 0.25) is 0 Å². The summed E-state index contributed by atoms with van der Waals surface area (Å²) in [5.41, 5.74) is 0.472. The number of benzene rings is 2. The second-order valence-electron chi connectivity index (χ2n) is 6.29. The second-order valence-corrected chi connectivity index (χ2v) is 8.26. The number of anilines is 1. The van der Waals surface area contributed by atoms with E-state index in [2.05, 4.69) is 0 Å². The van der Waals surface area contributed by atoms with Crippen molar-refractivity contribution in [3.05, 3.63) is 48.3 Å². The molecule has 0 unspecified atom stereocenters. The van der Waals surface area contributed by atoms with Gasteiger partial charge in [-0.05, 0) is 68.1 Å². The minimum absolute atomic E-state index is 0.0000162. The number of hydrogen-bond donors (Lipinski definition) is 0. The van der Waals surface area contributed by atoms with E-state index in [1.165, 1.54) is 39.1 Å². The van der Waals surface area contributed by atoms with Crippen LogP contribution in [-0.2, 0) is 10.0 Å². The summed E-state index contributed by atoms with van der Waals surface area (Å²) in [6, 6.07) is 10.5. The van der Waals surface area contributed by atoms with Gasteiger partial charge in [0.25, 0.3) is 10.0 Å². The van der Waals surface area contributed by atoms with Crippen molar-refractivity contribution in [2.75, 3.05) is 18.5 Å². The molecule has 0 bridgehead atoms. The summed E-state index contributed by atoms with van der Waals surface area (Å²) in [6.45, 7) is 0. The molecule has 0 spiro atoms. The Morgan fingerprint density at radius 2 is 1.73 bits per heavy atom. The van der Waals surface area contributed by atoms with Gasteiger partial charge in [0.05, 0.1) is 23.8 Å². The molecular formula is C19H22FNO4S. The highest BCUT2D eigenvalue weighted by molar-refractivity contribution is 7.92. The summed E-state index contributed by atoms with van der Waals surface area (Å²) < 4.78 is 51.2. The van der Waals surface area contributed by atoms with Gasteiger partial charge >= 0.3 is 0 Å². The molecule has 3 rings (SSSR count). The third-order valence-electron chi connectivity index (χ3n) is 4.59. The number of nitrogens with zero attached hydrogens (tertiary/aromatic N) is 1. The smallest absolute Gasteiger partial charge is 0.264 e. The highest BCUT2D eigenvalue weighted by Gasteiger charge is 2.23. The van der Waals surface area contributed by atoms with E-state index >= 15 is 0 Å². The van der Waals surface area contributed by atoms with Gasteiger partial charge in [-0.2, -0.15) is 0 Å². The Labute approximate surface area is 153 Å². The van der Waals surface area contributed by atoms with Gasteiger partial charge in [0.15, 0.2) is 11.6 Å². The molecular weight excluding hydrogens is 357 g/mol. The standard InChI is InChI=1S/C19H22FNO4S/c1-21(26(22,23)17-11-12-19(24-2)18(20)13-17)14-7-9-16(10-8-14)25-15-5-3-4-6-15/h7-13,15H,3-6H2,1-2H3. The Bertz CT molecular complexity index is 862. The third kappa shape index (κ3) is 3.77. The van der Waals surface area contributed by atoms with Crippen LogP contribution in [0, 0.1) is 5.82 Å². The van der Waals surface area contributed by atoms with Gasteiger partial charge in [0.1, 0.15) is 5.75 Å². The van der Waals surface area contributed by atoms with Crippen LogP contribution in [0.2, 0.25) is 0 Å². The van der Waals surface area contributed by atoms with E-state index in [9.17, 15) is 12.8 Å². The van der Waals surface area contributed by atoms with Gasteiger partial charge < -0.3 is 9.47 Å². The molecule has 0 amide bonds. The number of rotatable bonds is 6. The van der Waals surface area contributed by atoms with Crippen LogP contribution in [0.25, 0.3) is 0 Å². The lowest BCUT2D eigenvalue weighted by Crippen LogP contribution is -2.26. The zero-order valence-electron chi connectivity index (χ0n) is 14.8. The number of halogens is 1. The molecule has 1 aliphatic rings. The van der Waals surface area contributed by atoms with Crippen molar-refractivity contribution >= 4 is 15.7 Å². The number of hydrogen-bond acceptors (Lipinski definition) is 4. The molecule has 5 nitrogen and oxygen atoms in total. The lowest BCUT2D eigenvalue weighted by Gasteiger charge is -2.20. The van der Waals surface area contributed by atoms with Crippen LogP contribution in [0.5, 0.6) is 11.5 Å². The van der Waals surface area contributed by atoms with E-state index in [0.717, 1.165) is 29.0 Å². The molecule has 2 aromatic carbocycles. The van der Waals surface area contributed by atoms with Crippen molar-refractivity contribution in [1.29, 1.82) is 0 Å². The molecule has 0 atom stereocenters. The predicted molar refractivity (Wildman–Crippen MR) is 97.9 cm³/mol. The molecule has 0 radical (unpaired) electrons. The first-order valence-electron chi connectivity index (χ1n) is 8.51. The minimum Gasteiger partial charge on any atom is -0.494 e. The average Bonchev–Trinajstić information content (AvgIpc) is 3.14. The van der Waals surface area contributed by atoms with E-state index in [4.69, 9.17) is 9.47 Å². The van der Waals surface area contributed by atoms with Crippen LogP contribution in [-0.4, -0.2) is 28.7 Å². The highest BCUT2D eigenvalue weighted by Crippen LogP contribution is 2.29. The largest absolute Gasteiger partial charge is 0.494 e. The first-order chi connectivity index (χ1) is 12.4. The second kappa shape index (κ2) is 7.53. The first kappa shape index (κ1) is 18.5. The summed E-state index contributed by atoms with van der Waals surface area (Å²) in [5, 5.41) is 0. The fraction of sp³-hybridized carbons (Fsp3) is 0.368. The Hall–Kier alpha value is -2.28. The SMILES string of the molecule is COc1ccc(S(=O)(=O)N(C)c2ccc(OC3CCCC3)cc2)cc1F. The zero-order valence-corrected chi connectivity index (χ0v) is 15.6. The Kier molecular flexibility index (Phi) is 5.36. The fourth-order valence-corrected chi connectivity index (χ4v) is 4.25. The molecule has 1 fully saturated rings. The Balaban J connectivity index is 1.78. The summed E-state index contributed by atoms with van der Waals surface area (Å²) in [4.78, 5) is -0.135. The number of sulfonamides is 1. The molecule has 0 saturated heterocycles. The van der Waals surface area contributed by atoms with Crippen molar-refractivity contribution in [3.8, 4) is 11.5 Å². The minimum atomic E-state index is -3.88. The molecule has 7 heteroatoms. The summed E-state index contributed by atoms with van der Waals surface area (Å²) in [6.07, 6.45) is 4.72. The van der Waals surface area contributed by atoms with Gasteiger partial charge in [-0.15, -0.1) is 0 Å². The van der Waals surface area contributed by atoms with Crippen LogP contribution in [0.3, 0.4) is 0 Å². The van der Waals surface area contributed by atoms with Gasteiger partial charge in [0, 0.05) is 7.05 Å². The number of methoxy groups -OCH3 is 1. The van der Waals surface area contributed by atoms with Gasteiger partial charge in [-0.25, -0.2) is 12.8 Å². The van der Waals surface area contributed by atoms with Crippen molar-refractivity contribution < 1.29 is 22.3 Å². The Morgan fingerprint density at radius 1 is 1.08 bits per heavy atom. The van der Waals surface area contributed by atoms with Crippen molar-refractivity contribution in [2.45, 2.75) is 36.7 Å². The predicted octanol–water partition coefficient (Wildman–Crippen LogP) is 3.98. The number of ether oxygens (including phenoxy) is 2. The Morgan fingerprint density at radius 3 is 2.31 bits per heavy atom.